The summed E-state index contributed by atoms with van der Waals surface area (Å²) < 4.78 is 10.3. The molecule has 0 atom stereocenters. The Morgan fingerprint density at radius 1 is 1.11 bits per heavy atom. The number of hydrogen-bond acceptors (Lipinski definition) is 6. The Bertz CT molecular complexity index is 874. The molecule has 0 fully saturated rings. The molecule has 0 saturated carbocycles. The summed E-state index contributed by atoms with van der Waals surface area (Å²) in [4.78, 5) is 26.5. The summed E-state index contributed by atoms with van der Waals surface area (Å²) in [5, 5.41) is 6.66. The van der Waals surface area contributed by atoms with Gasteiger partial charge < -0.3 is 14.8 Å². The van der Waals surface area contributed by atoms with Crippen LogP contribution in [0.4, 0.5) is 0 Å². The van der Waals surface area contributed by atoms with Crippen LogP contribution in [0.5, 0.6) is 11.5 Å². The van der Waals surface area contributed by atoms with Crippen LogP contribution in [0, 0.1) is 13.8 Å². The summed E-state index contributed by atoms with van der Waals surface area (Å²) in [6.45, 7) is 5.68. The Hall–Kier alpha value is -2.87. The van der Waals surface area contributed by atoms with E-state index in [2.05, 4.69) is 15.8 Å². The number of hydrogen-bond donors (Lipinski definition) is 2. The Balaban J connectivity index is 1.92. The lowest BCUT2D eigenvalue weighted by molar-refractivity contribution is -0.120. The molecule has 144 valence electrons. The first kappa shape index (κ1) is 20.4. The van der Waals surface area contributed by atoms with E-state index in [1.54, 1.807) is 29.5 Å². The molecule has 2 rings (SSSR count). The van der Waals surface area contributed by atoms with Gasteiger partial charge in [-0.15, -0.1) is 11.3 Å². The average Bonchev–Trinajstić information content (AvgIpc) is 3.01. The van der Waals surface area contributed by atoms with Crippen LogP contribution in [0.1, 0.15) is 32.6 Å². The lowest BCUT2D eigenvalue weighted by Crippen LogP contribution is -2.35. The van der Waals surface area contributed by atoms with Gasteiger partial charge >= 0.3 is 0 Å². The summed E-state index contributed by atoms with van der Waals surface area (Å²) in [5.41, 5.74) is 4.55. The second-order valence-electron chi connectivity index (χ2n) is 5.81. The highest BCUT2D eigenvalue weighted by molar-refractivity contribution is 7.12. The number of nitrogens with zero attached hydrogens (tertiary/aromatic N) is 1. The maximum atomic E-state index is 12.2. The van der Waals surface area contributed by atoms with Crippen molar-refractivity contribution in [2.45, 2.75) is 20.8 Å². The van der Waals surface area contributed by atoms with Crippen LogP contribution < -0.4 is 20.2 Å². The van der Waals surface area contributed by atoms with Gasteiger partial charge in [0.05, 0.1) is 26.5 Å². The number of ether oxygens (including phenoxy) is 2. The minimum absolute atomic E-state index is 0.189. The molecule has 0 radical (unpaired) electrons. The quantitative estimate of drug-likeness (QED) is 0.563. The fourth-order valence-corrected chi connectivity index (χ4v) is 3.45. The van der Waals surface area contributed by atoms with Gasteiger partial charge in [-0.05, 0) is 45.0 Å². The second kappa shape index (κ2) is 9.18. The normalized spacial score (nSPS) is 11.1. The van der Waals surface area contributed by atoms with Crippen LogP contribution in [0.2, 0.25) is 0 Å². The highest BCUT2D eigenvalue weighted by Crippen LogP contribution is 2.27. The minimum Gasteiger partial charge on any atom is -0.493 e. The van der Waals surface area contributed by atoms with Crippen molar-refractivity contribution in [1.82, 2.24) is 10.7 Å². The molecule has 2 N–H and O–H groups in total. The van der Waals surface area contributed by atoms with Crippen LogP contribution in [0.25, 0.3) is 0 Å². The van der Waals surface area contributed by atoms with Crippen molar-refractivity contribution in [1.29, 1.82) is 0 Å². The van der Waals surface area contributed by atoms with E-state index in [-0.39, 0.29) is 6.54 Å². The Labute approximate surface area is 162 Å². The third-order valence-electron chi connectivity index (χ3n) is 3.83. The topological polar surface area (TPSA) is 89.0 Å². The number of thiophene rings is 1. The van der Waals surface area contributed by atoms with Gasteiger partial charge in [-0.3, -0.25) is 9.59 Å². The van der Waals surface area contributed by atoms with E-state index in [0.29, 0.717) is 17.1 Å². The summed E-state index contributed by atoms with van der Waals surface area (Å²) in [6, 6.07) is 6.81. The van der Waals surface area contributed by atoms with Gasteiger partial charge in [-0.2, -0.15) is 5.10 Å². The molecule has 2 aromatic rings. The van der Waals surface area contributed by atoms with E-state index in [1.807, 2.05) is 26.8 Å². The van der Waals surface area contributed by atoms with Crippen LogP contribution in [0.15, 0.2) is 29.4 Å². The van der Waals surface area contributed by atoms with Crippen molar-refractivity contribution >= 4 is 28.9 Å². The molecule has 2 amide bonds. The molecule has 0 saturated heterocycles. The Morgan fingerprint density at radius 3 is 2.41 bits per heavy atom. The summed E-state index contributed by atoms with van der Waals surface area (Å²) in [7, 11) is 3.01. The zero-order valence-electron chi connectivity index (χ0n) is 16.0. The molecular weight excluding hydrogens is 366 g/mol. The molecule has 0 spiro atoms. The molecular formula is C19H23N3O4S. The van der Waals surface area contributed by atoms with E-state index in [4.69, 9.17) is 9.47 Å². The highest BCUT2D eigenvalue weighted by Gasteiger charge is 2.12. The molecule has 1 aromatic carbocycles. The van der Waals surface area contributed by atoms with Crippen molar-refractivity contribution < 1.29 is 19.1 Å². The zero-order valence-corrected chi connectivity index (χ0v) is 16.8. The predicted octanol–water partition coefficient (Wildman–Crippen LogP) is 2.65. The van der Waals surface area contributed by atoms with Crippen molar-refractivity contribution in [2.24, 2.45) is 5.10 Å². The van der Waals surface area contributed by atoms with Gasteiger partial charge in [0.1, 0.15) is 0 Å². The lowest BCUT2D eigenvalue weighted by Gasteiger charge is -2.09. The summed E-state index contributed by atoms with van der Waals surface area (Å²) >= 11 is 1.68. The SMILES string of the molecule is COc1ccc(C(=O)NCC(=O)NN=C(C)c2cc(C)sc2C)cc1OC. The second-order valence-corrected chi connectivity index (χ2v) is 7.27. The van der Waals surface area contributed by atoms with Gasteiger partial charge in [-0.25, -0.2) is 5.43 Å². The maximum Gasteiger partial charge on any atom is 0.259 e. The number of amides is 2. The third kappa shape index (κ3) is 5.30. The maximum absolute atomic E-state index is 12.2. The standard InChI is InChI=1S/C19H23N3O4S/c1-11-8-15(13(3)27-11)12(2)21-22-18(23)10-20-19(24)14-6-7-16(25-4)17(9-14)26-5/h6-9H,10H2,1-5H3,(H,20,24)(H,22,23). The van der Waals surface area contributed by atoms with Crippen LogP contribution in [0.3, 0.4) is 0 Å². The molecule has 0 bridgehead atoms. The van der Waals surface area contributed by atoms with E-state index in [0.717, 1.165) is 16.2 Å². The smallest absolute Gasteiger partial charge is 0.259 e. The molecule has 1 aromatic heterocycles. The first-order valence-corrected chi connectivity index (χ1v) is 9.08. The Kier molecular flexibility index (Phi) is 6.95. The summed E-state index contributed by atoms with van der Waals surface area (Å²) in [6.07, 6.45) is 0. The molecule has 8 heteroatoms. The molecule has 0 aliphatic carbocycles. The van der Waals surface area contributed by atoms with Gasteiger partial charge in [-0.1, -0.05) is 0 Å². The molecule has 0 aliphatic rings. The van der Waals surface area contributed by atoms with Crippen LogP contribution in [-0.2, 0) is 4.79 Å². The van der Waals surface area contributed by atoms with E-state index >= 15 is 0 Å². The largest absolute Gasteiger partial charge is 0.493 e. The number of aryl methyl sites for hydroxylation is 2. The number of benzene rings is 1. The van der Waals surface area contributed by atoms with Crippen LogP contribution >= 0.6 is 11.3 Å². The molecule has 27 heavy (non-hydrogen) atoms. The van der Waals surface area contributed by atoms with Gasteiger partial charge in [0.25, 0.3) is 11.8 Å². The van der Waals surface area contributed by atoms with Gasteiger partial charge in [0.2, 0.25) is 0 Å². The van der Waals surface area contributed by atoms with Gasteiger partial charge in [0, 0.05) is 20.9 Å². The van der Waals surface area contributed by atoms with Crippen molar-refractivity contribution in [3.8, 4) is 11.5 Å². The van der Waals surface area contributed by atoms with Crippen LogP contribution in [-0.4, -0.2) is 38.3 Å². The first-order valence-electron chi connectivity index (χ1n) is 8.26. The van der Waals surface area contributed by atoms with Crippen molar-refractivity contribution in [2.75, 3.05) is 20.8 Å². The molecule has 0 aliphatic heterocycles. The number of carbonyl (C=O) groups is 2. The number of nitrogens with one attached hydrogen (secondary N) is 2. The fraction of sp³-hybridized carbons (Fsp3) is 0.316. The first-order chi connectivity index (χ1) is 12.8. The predicted molar refractivity (Wildman–Crippen MR) is 106 cm³/mol. The van der Waals surface area contributed by atoms with Gasteiger partial charge in [0.15, 0.2) is 11.5 Å². The number of hydrazone groups is 1. The Morgan fingerprint density at radius 2 is 1.81 bits per heavy atom. The molecule has 7 nitrogen and oxygen atoms in total. The lowest BCUT2D eigenvalue weighted by atomic mass is 10.2. The van der Waals surface area contributed by atoms with E-state index < -0.39 is 11.8 Å². The third-order valence-corrected chi connectivity index (χ3v) is 4.80. The van der Waals surface area contributed by atoms with Crippen molar-refractivity contribution in [3.05, 3.63) is 45.1 Å². The highest BCUT2D eigenvalue weighted by atomic mass is 32.1. The monoisotopic (exact) mass is 389 g/mol. The average molecular weight is 389 g/mol. The molecule has 0 unspecified atom stereocenters. The number of methoxy groups -OCH3 is 2. The van der Waals surface area contributed by atoms with Crippen molar-refractivity contribution in [3.63, 3.8) is 0 Å². The molecule has 1 heterocycles. The van der Waals surface area contributed by atoms with E-state index in [1.165, 1.54) is 19.1 Å². The minimum atomic E-state index is -0.409. The summed E-state index contributed by atoms with van der Waals surface area (Å²) in [5.74, 6) is 0.163. The zero-order chi connectivity index (χ0) is 20.0. The number of carbonyl (C=O) groups excluding carboxylic acids is 2. The fourth-order valence-electron chi connectivity index (χ4n) is 2.48. The van der Waals surface area contributed by atoms with E-state index in [9.17, 15) is 9.59 Å². The number of rotatable bonds is 7.